The van der Waals surface area contributed by atoms with Crippen molar-refractivity contribution in [1.82, 2.24) is 0 Å². The lowest BCUT2D eigenvalue weighted by Crippen LogP contribution is -1.96. The minimum absolute atomic E-state index is 0.213. The third-order valence-electron chi connectivity index (χ3n) is 1.66. The van der Waals surface area contributed by atoms with Crippen LogP contribution in [0.1, 0.15) is 17.7 Å². The maximum absolute atomic E-state index is 10.2. The van der Waals surface area contributed by atoms with Gasteiger partial charge in [-0.25, -0.2) is 0 Å². The Labute approximate surface area is 81.1 Å². The summed E-state index contributed by atoms with van der Waals surface area (Å²) in [5.74, 6) is 1.58. The molecule has 13 heavy (non-hydrogen) atoms. The first-order valence-electron chi connectivity index (χ1n) is 4.02. The summed E-state index contributed by atoms with van der Waals surface area (Å²) in [6.45, 7) is 1.98. The smallest absolute Gasteiger partial charge is 0.304 e. The van der Waals surface area contributed by atoms with E-state index in [1.165, 1.54) is 0 Å². The van der Waals surface area contributed by atoms with Crippen LogP contribution >= 0.6 is 11.8 Å². The molecule has 72 valence electrons. The number of carbonyl (C=O) groups is 1. The van der Waals surface area contributed by atoms with E-state index in [1.807, 2.05) is 13.0 Å². The second kappa shape index (κ2) is 4.97. The van der Waals surface area contributed by atoms with E-state index in [1.54, 1.807) is 18.0 Å². The van der Waals surface area contributed by atoms with Crippen LogP contribution in [0.4, 0.5) is 0 Å². The van der Waals surface area contributed by atoms with Gasteiger partial charge in [0.05, 0.1) is 18.4 Å². The lowest BCUT2D eigenvalue weighted by Gasteiger charge is -1.97. The highest BCUT2D eigenvalue weighted by molar-refractivity contribution is 7.98. The Morgan fingerprint density at radius 1 is 1.69 bits per heavy atom. The van der Waals surface area contributed by atoms with Gasteiger partial charge in [-0.1, -0.05) is 0 Å². The lowest BCUT2D eigenvalue weighted by atomic mass is 10.3. The van der Waals surface area contributed by atoms with Gasteiger partial charge in [-0.2, -0.15) is 11.8 Å². The minimum Gasteiger partial charge on any atom is -0.481 e. The number of hydrogen-bond donors (Lipinski definition) is 1. The number of aryl methyl sites for hydroxylation is 1. The molecule has 0 fully saturated rings. The Kier molecular flexibility index (Phi) is 3.89. The quantitative estimate of drug-likeness (QED) is 0.741. The molecule has 4 heteroatoms. The van der Waals surface area contributed by atoms with E-state index >= 15 is 0 Å². The van der Waals surface area contributed by atoms with Crippen molar-refractivity contribution in [2.45, 2.75) is 19.1 Å². The molecule has 0 amide bonds. The minimum atomic E-state index is -0.747. The highest BCUT2D eigenvalue weighted by Gasteiger charge is 2.02. The number of hydrogen-bond acceptors (Lipinski definition) is 3. The zero-order valence-electron chi connectivity index (χ0n) is 7.45. The zero-order chi connectivity index (χ0) is 9.68. The van der Waals surface area contributed by atoms with Crippen molar-refractivity contribution in [2.24, 2.45) is 0 Å². The molecular weight excluding hydrogens is 188 g/mol. The third-order valence-corrected chi connectivity index (χ3v) is 2.62. The molecule has 0 spiro atoms. The Balaban J connectivity index is 2.20. The van der Waals surface area contributed by atoms with Crippen LogP contribution in [-0.4, -0.2) is 16.8 Å². The average Bonchev–Trinajstić information content (AvgIpc) is 2.45. The Morgan fingerprint density at radius 3 is 3.00 bits per heavy atom. The van der Waals surface area contributed by atoms with Gasteiger partial charge in [-0.15, -0.1) is 0 Å². The molecule has 0 bridgehead atoms. The zero-order valence-corrected chi connectivity index (χ0v) is 8.26. The number of carboxylic acids is 1. The molecule has 0 atom stereocenters. The van der Waals surface area contributed by atoms with Crippen molar-refractivity contribution in [3.05, 3.63) is 23.7 Å². The summed E-state index contributed by atoms with van der Waals surface area (Å²) in [5, 5.41) is 8.39. The first-order valence-corrected chi connectivity index (χ1v) is 5.18. The fourth-order valence-corrected chi connectivity index (χ4v) is 1.82. The molecule has 0 aliphatic carbocycles. The summed E-state index contributed by atoms with van der Waals surface area (Å²) in [5.41, 5.74) is 1.13. The molecule has 0 aromatic carbocycles. The second-order valence-electron chi connectivity index (χ2n) is 2.72. The molecule has 1 heterocycles. The summed E-state index contributed by atoms with van der Waals surface area (Å²) < 4.78 is 5.20. The Hall–Kier alpha value is -0.900. The van der Waals surface area contributed by atoms with E-state index in [2.05, 4.69) is 0 Å². The van der Waals surface area contributed by atoms with Gasteiger partial charge in [-0.05, 0) is 18.6 Å². The summed E-state index contributed by atoms with van der Waals surface area (Å²) >= 11 is 1.58. The molecule has 1 rings (SSSR count). The molecular formula is C9H12O3S. The molecule has 0 unspecified atom stereocenters. The van der Waals surface area contributed by atoms with E-state index in [0.29, 0.717) is 5.75 Å². The highest BCUT2D eigenvalue weighted by Crippen LogP contribution is 2.17. The largest absolute Gasteiger partial charge is 0.481 e. The van der Waals surface area contributed by atoms with E-state index in [9.17, 15) is 4.79 Å². The molecule has 0 aliphatic rings. The highest BCUT2D eigenvalue weighted by atomic mass is 32.2. The van der Waals surface area contributed by atoms with E-state index in [4.69, 9.17) is 9.52 Å². The lowest BCUT2D eigenvalue weighted by molar-refractivity contribution is -0.136. The molecule has 0 radical (unpaired) electrons. The number of rotatable bonds is 5. The molecule has 1 N–H and O–H groups in total. The van der Waals surface area contributed by atoms with Crippen LogP contribution in [0, 0.1) is 6.92 Å². The number of carboxylic acid groups (broad SMARTS) is 1. The average molecular weight is 200 g/mol. The van der Waals surface area contributed by atoms with Crippen LogP contribution in [0.25, 0.3) is 0 Å². The maximum Gasteiger partial charge on any atom is 0.304 e. The summed E-state index contributed by atoms with van der Waals surface area (Å²) in [4.78, 5) is 10.2. The predicted molar refractivity (Wildman–Crippen MR) is 51.9 cm³/mol. The van der Waals surface area contributed by atoms with E-state index < -0.39 is 5.97 Å². The number of aliphatic carboxylic acids is 1. The third kappa shape index (κ3) is 3.55. The van der Waals surface area contributed by atoms with Gasteiger partial charge in [0, 0.05) is 5.75 Å². The molecule has 1 aromatic rings. The van der Waals surface area contributed by atoms with E-state index in [0.717, 1.165) is 17.1 Å². The van der Waals surface area contributed by atoms with Crippen LogP contribution in [0.3, 0.4) is 0 Å². The fourth-order valence-electron chi connectivity index (χ4n) is 0.876. The second-order valence-corrected chi connectivity index (χ2v) is 3.83. The molecule has 0 saturated carbocycles. The SMILES string of the molecule is Cc1ccoc1CSCCC(=O)O. The standard InChI is InChI=1S/C9H12O3S/c1-7-2-4-12-8(7)6-13-5-3-9(10)11/h2,4H,3,5-6H2,1H3,(H,10,11). The van der Waals surface area contributed by atoms with Gasteiger partial charge in [-0.3, -0.25) is 4.79 Å². The van der Waals surface area contributed by atoms with Crippen LogP contribution < -0.4 is 0 Å². The predicted octanol–water partition coefficient (Wildman–Crippen LogP) is 2.30. The van der Waals surface area contributed by atoms with Gasteiger partial charge in [0.2, 0.25) is 0 Å². The summed E-state index contributed by atoms with van der Waals surface area (Å²) in [7, 11) is 0. The first kappa shape index (κ1) is 10.2. The van der Waals surface area contributed by atoms with Crippen molar-refractivity contribution < 1.29 is 14.3 Å². The number of thioether (sulfide) groups is 1. The van der Waals surface area contributed by atoms with E-state index in [-0.39, 0.29) is 6.42 Å². The fraction of sp³-hybridized carbons (Fsp3) is 0.444. The van der Waals surface area contributed by atoms with Gasteiger partial charge in [0.1, 0.15) is 5.76 Å². The Morgan fingerprint density at radius 2 is 2.46 bits per heavy atom. The molecule has 3 nitrogen and oxygen atoms in total. The molecule has 1 aromatic heterocycles. The first-order chi connectivity index (χ1) is 6.20. The topological polar surface area (TPSA) is 50.4 Å². The normalized spacial score (nSPS) is 10.2. The molecule has 0 aliphatic heterocycles. The van der Waals surface area contributed by atoms with Gasteiger partial charge in [0.15, 0.2) is 0 Å². The van der Waals surface area contributed by atoms with Crippen molar-refractivity contribution in [1.29, 1.82) is 0 Å². The summed E-state index contributed by atoms with van der Waals surface area (Å²) in [6, 6.07) is 1.91. The van der Waals surface area contributed by atoms with Crippen LogP contribution in [0.2, 0.25) is 0 Å². The number of furan rings is 1. The van der Waals surface area contributed by atoms with Gasteiger partial charge >= 0.3 is 5.97 Å². The van der Waals surface area contributed by atoms with Crippen LogP contribution in [0.5, 0.6) is 0 Å². The van der Waals surface area contributed by atoms with Crippen molar-refractivity contribution >= 4 is 17.7 Å². The van der Waals surface area contributed by atoms with Crippen molar-refractivity contribution in [2.75, 3.05) is 5.75 Å². The Bertz CT molecular complexity index is 280. The maximum atomic E-state index is 10.2. The van der Waals surface area contributed by atoms with Crippen molar-refractivity contribution in [3.63, 3.8) is 0 Å². The molecule has 0 saturated heterocycles. The monoisotopic (exact) mass is 200 g/mol. The summed E-state index contributed by atoms with van der Waals surface area (Å²) in [6.07, 6.45) is 1.87. The van der Waals surface area contributed by atoms with Crippen molar-refractivity contribution in [3.8, 4) is 0 Å². The van der Waals surface area contributed by atoms with Gasteiger partial charge in [0.25, 0.3) is 0 Å². The van der Waals surface area contributed by atoms with Crippen LogP contribution in [-0.2, 0) is 10.5 Å². The van der Waals surface area contributed by atoms with Crippen LogP contribution in [0.15, 0.2) is 16.7 Å². The van der Waals surface area contributed by atoms with Gasteiger partial charge < -0.3 is 9.52 Å².